The van der Waals surface area contributed by atoms with E-state index >= 15 is 0 Å². The van der Waals surface area contributed by atoms with Gasteiger partial charge in [-0.25, -0.2) is 0 Å². The van der Waals surface area contributed by atoms with E-state index in [0.717, 1.165) is 43.4 Å². The second kappa shape index (κ2) is 10.3. The fourth-order valence-electron chi connectivity index (χ4n) is 4.96. The van der Waals surface area contributed by atoms with E-state index in [-0.39, 0.29) is 23.6 Å². The Kier molecular flexibility index (Phi) is 8.10. The van der Waals surface area contributed by atoms with Gasteiger partial charge in [-0.15, -0.1) is 0 Å². The Morgan fingerprint density at radius 3 is 2.57 bits per heavy atom. The number of rotatable bonds is 10. The van der Waals surface area contributed by atoms with Crippen LogP contribution in [0.15, 0.2) is 35.2 Å². The van der Waals surface area contributed by atoms with E-state index in [1.807, 2.05) is 30.3 Å². The second-order valence-electron chi connectivity index (χ2n) is 8.80. The maximum atomic E-state index is 13.5. The van der Waals surface area contributed by atoms with E-state index in [9.17, 15) is 9.32 Å². The zero-order chi connectivity index (χ0) is 20.1. The molecule has 0 spiro atoms. The molecule has 2 fully saturated rings. The summed E-state index contributed by atoms with van der Waals surface area (Å²) in [5.74, 6) is 1.22. The van der Waals surface area contributed by atoms with Crippen LogP contribution in [0.25, 0.3) is 0 Å². The van der Waals surface area contributed by atoms with E-state index < -0.39 is 16.9 Å². The summed E-state index contributed by atoms with van der Waals surface area (Å²) in [6, 6.07) is 9.64. The Morgan fingerprint density at radius 1 is 1.18 bits per heavy atom. The van der Waals surface area contributed by atoms with Gasteiger partial charge >= 0.3 is 0 Å². The van der Waals surface area contributed by atoms with Crippen LogP contribution in [0.1, 0.15) is 58.8 Å². The molecule has 0 amide bonds. The first-order chi connectivity index (χ1) is 13.5. The van der Waals surface area contributed by atoms with Gasteiger partial charge < -0.3 is 14.6 Å². The second-order valence-corrected chi connectivity index (χ2v) is 10.4. The molecule has 5 heteroatoms. The van der Waals surface area contributed by atoms with Gasteiger partial charge in [0.2, 0.25) is 0 Å². The molecule has 0 radical (unpaired) electrons. The summed E-state index contributed by atoms with van der Waals surface area (Å²) in [4.78, 5) is 0.819. The molecule has 1 N–H and O–H groups in total. The molecule has 1 aromatic rings. The highest BCUT2D eigenvalue weighted by Gasteiger charge is 2.50. The van der Waals surface area contributed by atoms with E-state index in [1.54, 1.807) is 7.11 Å². The van der Waals surface area contributed by atoms with E-state index in [2.05, 4.69) is 13.8 Å². The molecule has 4 nitrogen and oxygen atoms in total. The molecule has 1 aromatic carbocycles. The van der Waals surface area contributed by atoms with Crippen molar-refractivity contribution < 1.29 is 18.8 Å². The molecule has 28 heavy (non-hydrogen) atoms. The van der Waals surface area contributed by atoms with Crippen molar-refractivity contribution in [3.63, 3.8) is 0 Å². The van der Waals surface area contributed by atoms with Gasteiger partial charge in [0.25, 0.3) is 0 Å². The predicted molar refractivity (Wildman–Crippen MR) is 112 cm³/mol. The normalized spacial score (nSPS) is 30.3. The number of hydrogen-bond donors (Lipinski definition) is 1. The Morgan fingerprint density at radius 2 is 1.89 bits per heavy atom. The van der Waals surface area contributed by atoms with Crippen molar-refractivity contribution >= 4 is 10.8 Å². The molecule has 1 saturated heterocycles. The van der Waals surface area contributed by atoms with Gasteiger partial charge in [0.05, 0.1) is 28.3 Å². The predicted octanol–water partition coefficient (Wildman–Crippen LogP) is 4.53. The van der Waals surface area contributed by atoms with Crippen molar-refractivity contribution in [1.82, 2.24) is 0 Å². The van der Waals surface area contributed by atoms with Crippen molar-refractivity contribution in [2.24, 2.45) is 17.8 Å². The highest BCUT2D eigenvalue weighted by atomic mass is 32.2. The lowest BCUT2D eigenvalue weighted by Crippen LogP contribution is -2.40. The zero-order valence-corrected chi connectivity index (χ0v) is 18.3. The minimum absolute atomic E-state index is 0.160. The van der Waals surface area contributed by atoms with Crippen LogP contribution in [0.2, 0.25) is 0 Å². The van der Waals surface area contributed by atoms with Crippen molar-refractivity contribution in [2.45, 2.75) is 87.4 Å². The van der Waals surface area contributed by atoms with E-state index in [0.29, 0.717) is 11.8 Å². The molecule has 2 aliphatic rings. The molecule has 7 atom stereocenters. The van der Waals surface area contributed by atoms with Gasteiger partial charge in [0.1, 0.15) is 0 Å². The number of hydrogen-bond acceptors (Lipinski definition) is 4. The van der Waals surface area contributed by atoms with E-state index in [1.165, 1.54) is 6.42 Å². The van der Waals surface area contributed by atoms with Crippen molar-refractivity contribution in [1.29, 1.82) is 0 Å². The summed E-state index contributed by atoms with van der Waals surface area (Å²) in [7, 11) is 0.460. The molecule has 3 rings (SSSR count). The summed E-state index contributed by atoms with van der Waals surface area (Å²) < 4.78 is 25.0. The van der Waals surface area contributed by atoms with Gasteiger partial charge in [-0.1, -0.05) is 51.3 Å². The third-order valence-corrected chi connectivity index (χ3v) is 8.32. The summed E-state index contributed by atoms with van der Waals surface area (Å²) in [6.07, 6.45) is 6.26. The molecule has 1 aliphatic heterocycles. The van der Waals surface area contributed by atoms with Gasteiger partial charge in [0.15, 0.2) is 6.29 Å². The Bertz CT molecular complexity index is 620. The molecule has 158 valence electrons. The van der Waals surface area contributed by atoms with Crippen LogP contribution in [0.4, 0.5) is 0 Å². The SMILES string of the molecule is COC1C[C@H]2C(C(C(O)CCCCC(C)C)S(=O)c3ccccc3)CC[C@H]2O1. The lowest BCUT2D eigenvalue weighted by Gasteiger charge is -2.31. The third-order valence-electron chi connectivity index (χ3n) is 6.42. The minimum Gasteiger partial charge on any atom is -0.392 e. The number of aliphatic hydroxyl groups is 1. The molecule has 1 aliphatic carbocycles. The molecule has 1 heterocycles. The van der Waals surface area contributed by atoms with Crippen LogP contribution < -0.4 is 0 Å². The van der Waals surface area contributed by atoms with Gasteiger partial charge in [-0.3, -0.25) is 4.21 Å². The maximum Gasteiger partial charge on any atom is 0.157 e. The smallest absolute Gasteiger partial charge is 0.157 e. The molecular formula is C23H36O4S. The first-order valence-electron chi connectivity index (χ1n) is 10.8. The summed E-state index contributed by atoms with van der Waals surface area (Å²) >= 11 is 0. The van der Waals surface area contributed by atoms with Crippen molar-refractivity contribution in [3.8, 4) is 0 Å². The topological polar surface area (TPSA) is 55.8 Å². The number of benzene rings is 1. The highest BCUT2D eigenvalue weighted by molar-refractivity contribution is 7.85. The van der Waals surface area contributed by atoms with Crippen LogP contribution >= 0.6 is 0 Å². The molecule has 5 unspecified atom stereocenters. The van der Waals surface area contributed by atoms with Gasteiger partial charge in [-0.2, -0.15) is 0 Å². The highest BCUT2D eigenvalue weighted by Crippen LogP contribution is 2.47. The third kappa shape index (κ3) is 5.24. The summed E-state index contributed by atoms with van der Waals surface area (Å²) in [5, 5.41) is 10.9. The first-order valence-corrected chi connectivity index (χ1v) is 12.0. The monoisotopic (exact) mass is 408 g/mol. The quantitative estimate of drug-likeness (QED) is 0.578. The van der Waals surface area contributed by atoms with Crippen LogP contribution in [-0.4, -0.2) is 40.2 Å². The summed E-state index contributed by atoms with van der Waals surface area (Å²) in [6.45, 7) is 4.46. The number of unbranched alkanes of at least 4 members (excludes halogenated alkanes) is 1. The van der Waals surface area contributed by atoms with Crippen LogP contribution in [0, 0.1) is 17.8 Å². The Labute approximate surface area is 172 Å². The zero-order valence-electron chi connectivity index (χ0n) is 17.5. The fraction of sp³-hybridized carbons (Fsp3) is 0.739. The molecule has 1 saturated carbocycles. The largest absolute Gasteiger partial charge is 0.392 e. The Balaban J connectivity index is 1.74. The van der Waals surface area contributed by atoms with E-state index in [4.69, 9.17) is 9.47 Å². The lowest BCUT2D eigenvalue weighted by atomic mass is 9.86. The van der Waals surface area contributed by atoms with Crippen molar-refractivity contribution in [3.05, 3.63) is 30.3 Å². The number of ether oxygens (including phenoxy) is 2. The van der Waals surface area contributed by atoms with Gasteiger partial charge in [0, 0.05) is 18.4 Å². The number of aliphatic hydroxyl groups excluding tert-OH is 1. The van der Waals surface area contributed by atoms with Crippen LogP contribution in [0.5, 0.6) is 0 Å². The number of fused-ring (bicyclic) bond motifs is 1. The fourth-order valence-corrected chi connectivity index (χ4v) is 6.77. The Hall–Kier alpha value is -0.750. The lowest BCUT2D eigenvalue weighted by molar-refractivity contribution is -0.114. The van der Waals surface area contributed by atoms with Gasteiger partial charge in [-0.05, 0) is 49.1 Å². The molecule has 0 aromatic heterocycles. The maximum absolute atomic E-state index is 13.5. The summed E-state index contributed by atoms with van der Waals surface area (Å²) in [5.41, 5.74) is 0. The average Bonchev–Trinajstić information content (AvgIpc) is 3.27. The minimum atomic E-state index is -1.22. The van der Waals surface area contributed by atoms with Crippen molar-refractivity contribution in [2.75, 3.05) is 7.11 Å². The standard InChI is InChI=1S/C23H36O4S/c1-16(2)9-7-8-12-20(24)23(28(25)17-10-5-4-6-11-17)18-13-14-21-19(18)15-22(26-3)27-21/h4-6,10-11,16,18-24H,7-9,12-15H2,1-3H3/t18?,19-,20?,21+,22?,23?,28?/m0/s1. The van der Waals surface area contributed by atoms with Crippen LogP contribution in [0.3, 0.4) is 0 Å². The number of methoxy groups -OCH3 is 1. The molecular weight excluding hydrogens is 372 g/mol. The molecule has 0 bridgehead atoms. The average molecular weight is 409 g/mol. The van der Waals surface area contributed by atoms with Crippen LogP contribution in [-0.2, 0) is 20.3 Å². The first kappa shape index (κ1) is 21.9.